The predicted molar refractivity (Wildman–Crippen MR) is 153 cm³/mol. The first kappa shape index (κ1) is 31.1. The highest BCUT2D eigenvalue weighted by Crippen LogP contribution is 2.33. The van der Waals surface area contributed by atoms with Crippen LogP contribution in [0.25, 0.3) is 11.1 Å². The standard InChI is InChI=1S/C26H22Cl3FN6O5/c27-16-5-4-12(9-19(16)30)14-7-17(28)22(18(29)8-14)24(39)36-20(25(40)41)10-33-21(37)11-34-23(38)13-2-1-3-15(6-13)35-26(31)32/h1-9,20H,10-11H2,(H,33,37)(H,34,38)(H,36,39)(H,40,41)(H4,31,32,35)/t20-/m0/s1. The van der Waals surface area contributed by atoms with E-state index >= 15 is 0 Å². The second kappa shape index (κ2) is 13.8. The molecule has 0 bridgehead atoms. The molecule has 0 heterocycles. The maximum Gasteiger partial charge on any atom is 0.328 e. The third kappa shape index (κ3) is 8.55. The van der Waals surface area contributed by atoms with Crippen LogP contribution in [0.3, 0.4) is 0 Å². The molecule has 214 valence electrons. The normalized spacial score (nSPS) is 11.2. The summed E-state index contributed by atoms with van der Waals surface area (Å²) in [6.45, 7) is -1.01. The molecule has 3 aromatic rings. The van der Waals surface area contributed by atoms with Crippen LogP contribution in [0.1, 0.15) is 20.7 Å². The maximum absolute atomic E-state index is 13.9. The number of rotatable bonds is 10. The maximum atomic E-state index is 13.9. The molecule has 0 aliphatic carbocycles. The van der Waals surface area contributed by atoms with Gasteiger partial charge in [0.05, 0.1) is 27.2 Å². The van der Waals surface area contributed by atoms with Gasteiger partial charge in [0, 0.05) is 17.8 Å². The van der Waals surface area contributed by atoms with E-state index in [9.17, 15) is 28.7 Å². The number of carbonyl (C=O) groups excluding carboxylic acids is 3. The highest BCUT2D eigenvalue weighted by molar-refractivity contribution is 6.40. The van der Waals surface area contributed by atoms with Crippen molar-refractivity contribution >= 4 is 70.1 Å². The molecule has 41 heavy (non-hydrogen) atoms. The number of nitrogens with two attached hydrogens (primary N) is 1. The first-order chi connectivity index (χ1) is 19.3. The lowest BCUT2D eigenvalue weighted by Crippen LogP contribution is -2.50. The van der Waals surface area contributed by atoms with Crippen LogP contribution in [-0.2, 0) is 9.59 Å². The summed E-state index contributed by atoms with van der Waals surface area (Å²) in [5, 5.41) is 25.9. The number of guanidine groups is 1. The van der Waals surface area contributed by atoms with Crippen LogP contribution < -0.4 is 27.0 Å². The molecule has 8 N–H and O–H groups in total. The van der Waals surface area contributed by atoms with Crippen molar-refractivity contribution in [2.75, 3.05) is 18.4 Å². The third-order valence-corrected chi connectivity index (χ3v) is 6.34. The second-order valence-corrected chi connectivity index (χ2v) is 9.64. The molecule has 0 fully saturated rings. The number of benzene rings is 3. The van der Waals surface area contributed by atoms with Crippen LogP contribution in [0.15, 0.2) is 54.6 Å². The number of carboxylic acid groups (broad SMARTS) is 1. The quantitative estimate of drug-likeness (QED) is 0.133. The Labute approximate surface area is 247 Å². The number of nitrogens with one attached hydrogen (secondary N) is 5. The first-order valence-corrected chi connectivity index (χ1v) is 12.7. The fraction of sp³-hybridized carbons (Fsp3) is 0.115. The molecule has 0 aliphatic heterocycles. The van der Waals surface area contributed by atoms with E-state index in [4.69, 9.17) is 45.9 Å². The van der Waals surface area contributed by atoms with E-state index in [1.54, 1.807) is 12.1 Å². The van der Waals surface area contributed by atoms with Crippen molar-refractivity contribution in [3.8, 4) is 11.1 Å². The topological polar surface area (TPSA) is 186 Å². The fourth-order valence-corrected chi connectivity index (χ4v) is 4.27. The third-order valence-electron chi connectivity index (χ3n) is 5.44. The largest absolute Gasteiger partial charge is 0.480 e. The summed E-state index contributed by atoms with van der Waals surface area (Å²) in [4.78, 5) is 49.1. The van der Waals surface area contributed by atoms with Gasteiger partial charge in [-0.25, -0.2) is 9.18 Å². The van der Waals surface area contributed by atoms with Gasteiger partial charge in [0.25, 0.3) is 11.8 Å². The Morgan fingerprint density at radius 2 is 1.59 bits per heavy atom. The van der Waals surface area contributed by atoms with E-state index in [2.05, 4.69) is 21.3 Å². The molecular weight excluding hydrogens is 602 g/mol. The smallest absolute Gasteiger partial charge is 0.328 e. The van der Waals surface area contributed by atoms with Crippen LogP contribution in [0.2, 0.25) is 15.1 Å². The van der Waals surface area contributed by atoms with Crippen LogP contribution in [0.4, 0.5) is 10.1 Å². The van der Waals surface area contributed by atoms with E-state index in [0.717, 1.165) is 0 Å². The van der Waals surface area contributed by atoms with E-state index in [1.165, 1.54) is 42.5 Å². The zero-order chi connectivity index (χ0) is 30.3. The van der Waals surface area contributed by atoms with E-state index in [-0.39, 0.29) is 32.2 Å². The Hall–Kier alpha value is -4.39. The summed E-state index contributed by atoms with van der Waals surface area (Å²) in [6, 6.07) is 11.2. The predicted octanol–water partition coefficient (Wildman–Crippen LogP) is 3.49. The van der Waals surface area contributed by atoms with Crippen molar-refractivity contribution in [3.63, 3.8) is 0 Å². The van der Waals surface area contributed by atoms with Crippen molar-refractivity contribution in [2.24, 2.45) is 5.73 Å². The van der Waals surface area contributed by atoms with E-state index < -0.39 is 48.6 Å². The minimum Gasteiger partial charge on any atom is -0.480 e. The highest BCUT2D eigenvalue weighted by Gasteiger charge is 2.25. The first-order valence-electron chi connectivity index (χ1n) is 11.6. The second-order valence-electron chi connectivity index (χ2n) is 8.41. The van der Waals surface area contributed by atoms with E-state index in [1.807, 2.05) is 0 Å². The Morgan fingerprint density at radius 3 is 2.20 bits per heavy atom. The molecular formula is C26H22Cl3FN6O5. The van der Waals surface area contributed by atoms with Gasteiger partial charge < -0.3 is 32.1 Å². The van der Waals surface area contributed by atoms with Gasteiger partial charge >= 0.3 is 5.97 Å². The van der Waals surface area contributed by atoms with Gasteiger partial charge in [-0.15, -0.1) is 0 Å². The van der Waals surface area contributed by atoms with Gasteiger partial charge in [-0.2, -0.15) is 0 Å². The molecule has 11 nitrogen and oxygen atoms in total. The molecule has 0 aromatic heterocycles. The fourth-order valence-electron chi connectivity index (χ4n) is 3.50. The van der Waals surface area contributed by atoms with Crippen LogP contribution >= 0.6 is 34.8 Å². The number of amides is 3. The molecule has 3 rings (SSSR count). The van der Waals surface area contributed by atoms with Gasteiger partial charge in [-0.05, 0) is 53.6 Å². The summed E-state index contributed by atoms with van der Waals surface area (Å²) in [6.07, 6.45) is 0. The van der Waals surface area contributed by atoms with Crippen molar-refractivity contribution in [2.45, 2.75) is 6.04 Å². The average Bonchev–Trinajstić information content (AvgIpc) is 2.90. The Morgan fingerprint density at radius 1 is 0.902 bits per heavy atom. The minimum absolute atomic E-state index is 0.0791. The molecule has 15 heteroatoms. The zero-order valence-corrected chi connectivity index (χ0v) is 23.1. The molecule has 0 spiro atoms. The van der Waals surface area contributed by atoms with Crippen molar-refractivity contribution in [3.05, 3.63) is 86.6 Å². The number of carboxylic acids is 1. The lowest BCUT2D eigenvalue weighted by Gasteiger charge is -2.17. The van der Waals surface area contributed by atoms with Gasteiger partial charge in [0.1, 0.15) is 11.9 Å². The van der Waals surface area contributed by atoms with Gasteiger partial charge in [0.2, 0.25) is 5.91 Å². The summed E-state index contributed by atoms with van der Waals surface area (Å²) in [5.74, 6) is -4.71. The van der Waals surface area contributed by atoms with Crippen molar-refractivity contribution in [1.29, 1.82) is 5.41 Å². The summed E-state index contributed by atoms with van der Waals surface area (Å²) >= 11 is 18.2. The van der Waals surface area contributed by atoms with Crippen LogP contribution in [0.5, 0.6) is 0 Å². The van der Waals surface area contributed by atoms with Crippen molar-refractivity contribution in [1.82, 2.24) is 16.0 Å². The minimum atomic E-state index is -1.58. The number of halogens is 4. The number of anilines is 1. The summed E-state index contributed by atoms with van der Waals surface area (Å²) in [5.41, 5.74) is 6.39. The van der Waals surface area contributed by atoms with Crippen LogP contribution in [0, 0.1) is 11.2 Å². The van der Waals surface area contributed by atoms with E-state index in [0.29, 0.717) is 16.8 Å². The number of hydrogen-bond donors (Lipinski definition) is 7. The number of aliphatic carboxylic acids is 1. The molecule has 0 radical (unpaired) electrons. The SMILES string of the molecule is N=C(N)Nc1cccc(C(=O)NCC(=O)NC[C@H](NC(=O)c2c(Cl)cc(-c3ccc(Cl)c(F)c3)cc2Cl)C(=O)O)c1. The number of hydrogen-bond acceptors (Lipinski definition) is 5. The highest BCUT2D eigenvalue weighted by atomic mass is 35.5. The van der Waals surface area contributed by atoms with Crippen molar-refractivity contribution < 1.29 is 28.7 Å². The average molecular weight is 624 g/mol. The summed E-state index contributed by atoms with van der Waals surface area (Å²) < 4.78 is 13.9. The molecule has 0 saturated heterocycles. The summed E-state index contributed by atoms with van der Waals surface area (Å²) in [7, 11) is 0. The van der Waals surface area contributed by atoms with Gasteiger partial charge in [0.15, 0.2) is 5.96 Å². The molecule has 0 saturated carbocycles. The Kier molecular flexibility index (Phi) is 10.5. The lowest BCUT2D eigenvalue weighted by molar-refractivity contribution is -0.139. The monoisotopic (exact) mass is 622 g/mol. The Balaban J connectivity index is 1.60. The lowest BCUT2D eigenvalue weighted by atomic mass is 10.0. The zero-order valence-electron chi connectivity index (χ0n) is 20.9. The van der Waals surface area contributed by atoms with Gasteiger partial charge in [-0.3, -0.25) is 19.8 Å². The molecule has 3 aromatic carbocycles. The molecule has 0 unspecified atom stereocenters. The molecule has 3 amide bonds. The molecule has 0 aliphatic rings. The van der Waals surface area contributed by atoms with Gasteiger partial charge in [-0.1, -0.05) is 46.9 Å². The van der Waals surface area contributed by atoms with Crippen LogP contribution in [-0.4, -0.2) is 53.9 Å². The Bertz CT molecular complexity index is 1510. The molecule has 1 atom stereocenters. The number of carbonyl (C=O) groups is 4.